The summed E-state index contributed by atoms with van der Waals surface area (Å²) in [4.78, 5) is 4.60. The first-order valence-electron chi connectivity index (χ1n) is 6.78. The Bertz CT molecular complexity index is 780. The first-order chi connectivity index (χ1) is 9.69. The minimum atomic E-state index is 1.04. The lowest BCUT2D eigenvalue weighted by Crippen LogP contribution is -1.89. The molecule has 1 nitrogen and oxygen atoms in total. The Morgan fingerprint density at radius 1 is 0.950 bits per heavy atom. The standard InChI is InChI=1S/C19H17N/c1-4-15-6-5-7-18-17(15)8-9-20-19(18)16-11-13(2)10-14(3)12-16/h4-12H,1H2,2-3H3. The van der Waals surface area contributed by atoms with E-state index in [1.807, 2.05) is 12.3 Å². The van der Waals surface area contributed by atoms with Crippen LogP contribution in [0.1, 0.15) is 16.7 Å². The van der Waals surface area contributed by atoms with Crippen LogP contribution < -0.4 is 0 Å². The van der Waals surface area contributed by atoms with Crippen molar-refractivity contribution in [3.05, 3.63) is 71.9 Å². The number of benzene rings is 2. The van der Waals surface area contributed by atoms with Gasteiger partial charge in [-0.15, -0.1) is 0 Å². The molecule has 1 heterocycles. The number of aryl methyl sites for hydroxylation is 2. The van der Waals surface area contributed by atoms with Crippen molar-refractivity contribution in [2.45, 2.75) is 13.8 Å². The third kappa shape index (κ3) is 2.12. The molecule has 0 unspecified atom stereocenters. The second-order valence-electron chi connectivity index (χ2n) is 5.18. The van der Waals surface area contributed by atoms with E-state index in [0.29, 0.717) is 0 Å². The average Bonchev–Trinajstić information content (AvgIpc) is 2.45. The molecule has 0 amide bonds. The number of aromatic nitrogens is 1. The quantitative estimate of drug-likeness (QED) is 0.619. The third-order valence-electron chi connectivity index (χ3n) is 3.55. The molecular weight excluding hydrogens is 242 g/mol. The van der Waals surface area contributed by atoms with E-state index in [4.69, 9.17) is 0 Å². The summed E-state index contributed by atoms with van der Waals surface area (Å²) in [6, 6.07) is 14.9. The van der Waals surface area contributed by atoms with Gasteiger partial charge in [-0.25, -0.2) is 0 Å². The normalized spacial score (nSPS) is 10.7. The van der Waals surface area contributed by atoms with Gasteiger partial charge < -0.3 is 0 Å². The molecule has 0 radical (unpaired) electrons. The maximum atomic E-state index is 4.60. The van der Waals surface area contributed by atoms with E-state index in [0.717, 1.165) is 11.3 Å². The maximum Gasteiger partial charge on any atom is 0.0780 e. The van der Waals surface area contributed by atoms with Gasteiger partial charge in [0.15, 0.2) is 0 Å². The fourth-order valence-corrected chi connectivity index (χ4v) is 2.75. The molecule has 1 heteroatoms. The van der Waals surface area contributed by atoms with E-state index in [1.54, 1.807) is 0 Å². The highest BCUT2D eigenvalue weighted by Crippen LogP contribution is 2.29. The fourth-order valence-electron chi connectivity index (χ4n) is 2.75. The number of nitrogens with zero attached hydrogens (tertiary/aromatic N) is 1. The largest absolute Gasteiger partial charge is 0.256 e. The molecule has 0 aliphatic rings. The predicted molar refractivity (Wildman–Crippen MR) is 86.7 cm³/mol. The van der Waals surface area contributed by atoms with E-state index >= 15 is 0 Å². The number of rotatable bonds is 2. The van der Waals surface area contributed by atoms with Crippen molar-refractivity contribution >= 4 is 16.8 Å². The first-order valence-corrected chi connectivity index (χ1v) is 6.78. The molecule has 0 bridgehead atoms. The van der Waals surface area contributed by atoms with E-state index in [2.05, 4.69) is 67.9 Å². The molecule has 3 aromatic rings. The Labute approximate surface area is 119 Å². The van der Waals surface area contributed by atoms with E-state index in [1.165, 1.54) is 27.5 Å². The Morgan fingerprint density at radius 3 is 2.40 bits per heavy atom. The molecule has 0 N–H and O–H groups in total. The van der Waals surface area contributed by atoms with Gasteiger partial charge in [-0.1, -0.05) is 48.0 Å². The summed E-state index contributed by atoms with van der Waals surface area (Å²) in [6.45, 7) is 8.13. The van der Waals surface area contributed by atoms with Gasteiger partial charge in [0.05, 0.1) is 5.69 Å². The van der Waals surface area contributed by atoms with Crippen molar-refractivity contribution in [3.63, 3.8) is 0 Å². The molecule has 3 rings (SSSR count). The second-order valence-corrected chi connectivity index (χ2v) is 5.18. The van der Waals surface area contributed by atoms with Gasteiger partial charge in [0.1, 0.15) is 0 Å². The van der Waals surface area contributed by atoms with Gasteiger partial charge in [0.25, 0.3) is 0 Å². The molecule has 20 heavy (non-hydrogen) atoms. The molecule has 2 aromatic carbocycles. The van der Waals surface area contributed by atoms with E-state index in [-0.39, 0.29) is 0 Å². The number of fused-ring (bicyclic) bond motifs is 1. The monoisotopic (exact) mass is 259 g/mol. The summed E-state index contributed by atoms with van der Waals surface area (Å²) in [5.41, 5.74) is 5.89. The third-order valence-corrected chi connectivity index (χ3v) is 3.55. The molecule has 0 saturated heterocycles. The van der Waals surface area contributed by atoms with Crippen LogP contribution in [0.3, 0.4) is 0 Å². The Morgan fingerprint density at radius 2 is 1.70 bits per heavy atom. The van der Waals surface area contributed by atoms with Crippen molar-refractivity contribution in [1.82, 2.24) is 4.98 Å². The van der Waals surface area contributed by atoms with Crippen molar-refractivity contribution in [2.24, 2.45) is 0 Å². The summed E-state index contributed by atoms with van der Waals surface area (Å²) < 4.78 is 0. The highest BCUT2D eigenvalue weighted by atomic mass is 14.7. The zero-order valence-electron chi connectivity index (χ0n) is 11.9. The van der Waals surface area contributed by atoms with Gasteiger partial charge in [0, 0.05) is 17.1 Å². The summed E-state index contributed by atoms with van der Waals surface area (Å²) in [5.74, 6) is 0. The van der Waals surface area contributed by atoms with Crippen LogP contribution in [-0.4, -0.2) is 4.98 Å². The summed E-state index contributed by atoms with van der Waals surface area (Å²) in [6.07, 6.45) is 3.77. The number of hydrogen-bond donors (Lipinski definition) is 0. The van der Waals surface area contributed by atoms with Crippen LogP contribution in [0.25, 0.3) is 28.1 Å². The van der Waals surface area contributed by atoms with Crippen molar-refractivity contribution < 1.29 is 0 Å². The average molecular weight is 259 g/mol. The molecule has 0 saturated carbocycles. The lowest BCUT2D eigenvalue weighted by Gasteiger charge is -2.09. The molecule has 0 aliphatic carbocycles. The Balaban J connectivity index is 2.34. The Kier molecular flexibility index (Phi) is 3.11. The minimum Gasteiger partial charge on any atom is -0.256 e. The van der Waals surface area contributed by atoms with Crippen LogP contribution in [0, 0.1) is 13.8 Å². The minimum absolute atomic E-state index is 1.04. The van der Waals surface area contributed by atoms with Crippen LogP contribution in [0.2, 0.25) is 0 Å². The van der Waals surface area contributed by atoms with Crippen molar-refractivity contribution in [3.8, 4) is 11.3 Å². The van der Waals surface area contributed by atoms with Crippen LogP contribution in [-0.2, 0) is 0 Å². The summed E-state index contributed by atoms with van der Waals surface area (Å²) in [5, 5.41) is 2.38. The van der Waals surface area contributed by atoms with Gasteiger partial charge in [-0.3, -0.25) is 4.98 Å². The summed E-state index contributed by atoms with van der Waals surface area (Å²) in [7, 11) is 0. The number of pyridine rings is 1. The van der Waals surface area contributed by atoms with Crippen LogP contribution in [0.4, 0.5) is 0 Å². The smallest absolute Gasteiger partial charge is 0.0780 e. The summed E-state index contributed by atoms with van der Waals surface area (Å²) >= 11 is 0. The van der Waals surface area contributed by atoms with Crippen molar-refractivity contribution in [2.75, 3.05) is 0 Å². The molecular formula is C19H17N. The first kappa shape index (κ1) is 12.6. The van der Waals surface area contributed by atoms with Crippen LogP contribution in [0.5, 0.6) is 0 Å². The van der Waals surface area contributed by atoms with Crippen LogP contribution >= 0.6 is 0 Å². The van der Waals surface area contributed by atoms with Gasteiger partial charge in [-0.2, -0.15) is 0 Å². The zero-order chi connectivity index (χ0) is 14.1. The molecule has 98 valence electrons. The van der Waals surface area contributed by atoms with Gasteiger partial charge in [0.2, 0.25) is 0 Å². The number of hydrogen-bond acceptors (Lipinski definition) is 1. The topological polar surface area (TPSA) is 12.9 Å². The second kappa shape index (κ2) is 4.93. The zero-order valence-corrected chi connectivity index (χ0v) is 11.9. The highest BCUT2D eigenvalue weighted by molar-refractivity contribution is 5.98. The fraction of sp³-hybridized carbons (Fsp3) is 0.105. The lowest BCUT2D eigenvalue weighted by molar-refractivity contribution is 1.32. The predicted octanol–water partition coefficient (Wildman–Crippen LogP) is 5.16. The SMILES string of the molecule is C=Cc1cccc2c(-c3cc(C)cc(C)c3)nccc12. The molecule has 0 atom stereocenters. The molecule has 0 aliphatic heterocycles. The van der Waals surface area contributed by atoms with Gasteiger partial charge in [-0.05, 0) is 43.0 Å². The van der Waals surface area contributed by atoms with E-state index < -0.39 is 0 Å². The van der Waals surface area contributed by atoms with Crippen molar-refractivity contribution in [1.29, 1.82) is 0 Å². The van der Waals surface area contributed by atoms with E-state index in [9.17, 15) is 0 Å². The van der Waals surface area contributed by atoms with Gasteiger partial charge >= 0.3 is 0 Å². The highest BCUT2D eigenvalue weighted by Gasteiger charge is 2.07. The van der Waals surface area contributed by atoms with Crippen LogP contribution in [0.15, 0.2) is 55.2 Å². The molecule has 0 spiro atoms. The maximum absolute atomic E-state index is 4.60. The molecule has 0 fully saturated rings. The lowest BCUT2D eigenvalue weighted by atomic mass is 9.98. The Hall–Kier alpha value is -2.41. The molecule has 1 aromatic heterocycles.